The summed E-state index contributed by atoms with van der Waals surface area (Å²) in [5, 5.41) is 1.97. The lowest BCUT2D eigenvalue weighted by molar-refractivity contribution is 0.0520. The maximum Gasteiger partial charge on any atom is 0.356 e. The molecule has 0 fully saturated rings. The quantitative estimate of drug-likeness (QED) is 0.743. The maximum absolute atomic E-state index is 11.7. The molecule has 102 valence electrons. The van der Waals surface area contributed by atoms with Gasteiger partial charge in [0.05, 0.1) is 30.9 Å². The van der Waals surface area contributed by atoms with Crippen LogP contribution in [0.5, 0.6) is 5.75 Å². The molecule has 2 aromatic heterocycles. The van der Waals surface area contributed by atoms with Crippen LogP contribution >= 0.6 is 0 Å². The lowest BCUT2D eigenvalue weighted by Gasteiger charge is -2.01. The van der Waals surface area contributed by atoms with E-state index in [2.05, 4.69) is 9.97 Å². The van der Waals surface area contributed by atoms with E-state index in [-0.39, 0.29) is 0 Å². The van der Waals surface area contributed by atoms with E-state index in [1.54, 1.807) is 26.3 Å². The Hall–Kier alpha value is -2.56. The molecule has 0 aliphatic carbocycles. The zero-order chi connectivity index (χ0) is 14.1. The molecular formula is C15H14N2O3. The number of carbonyl (C=O) groups excluding carboxylic acids is 1. The average Bonchev–Trinajstić information content (AvgIpc) is 2.83. The number of benzene rings is 1. The summed E-state index contributed by atoms with van der Waals surface area (Å²) >= 11 is 0. The molecule has 5 nitrogen and oxygen atoms in total. The molecule has 20 heavy (non-hydrogen) atoms. The molecule has 0 aliphatic heterocycles. The van der Waals surface area contributed by atoms with Crippen LogP contribution in [-0.4, -0.2) is 29.7 Å². The zero-order valence-electron chi connectivity index (χ0n) is 11.3. The molecule has 3 rings (SSSR count). The Labute approximate surface area is 115 Å². The summed E-state index contributed by atoms with van der Waals surface area (Å²) in [5.74, 6) is 0.375. The Morgan fingerprint density at radius 2 is 2.10 bits per heavy atom. The van der Waals surface area contributed by atoms with Crippen LogP contribution in [-0.2, 0) is 4.74 Å². The Morgan fingerprint density at radius 1 is 1.25 bits per heavy atom. The maximum atomic E-state index is 11.7. The summed E-state index contributed by atoms with van der Waals surface area (Å²) < 4.78 is 10.2. The van der Waals surface area contributed by atoms with Gasteiger partial charge in [-0.1, -0.05) is 0 Å². The topological polar surface area (TPSA) is 64.2 Å². The number of aromatic nitrogens is 2. The van der Waals surface area contributed by atoms with E-state index >= 15 is 0 Å². The molecule has 0 aliphatic rings. The van der Waals surface area contributed by atoms with Gasteiger partial charge < -0.3 is 14.5 Å². The van der Waals surface area contributed by atoms with Crippen LogP contribution < -0.4 is 4.74 Å². The number of fused-ring (bicyclic) bond motifs is 3. The summed E-state index contributed by atoms with van der Waals surface area (Å²) in [6, 6.07) is 7.51. The van der Waals surface area contributed by atoms with Crippen molar-refractivity contribution in [1.29, 1.82) is 0 Å². The van der Waals surface area contributed by atoms with Crippen molar-refractivity contribution in [3.05, 3.63) is 36.2 Å². The standard InChI is InChI=1S/C15H14N2O3/c1-3-20-15(18)13-7-11-10-5-4-9(19-2)6-12(10)17-14(11)8-16-13/h4-8,17H,3H2,1-2H3. The number of rotatable bonds is 3. The summed E-state index contributed by atoms with van der Waals surface area (Å²) in [6.45, 7) is 2.11. The van der Waals surface area contributed by atoms with Crippen molar-refractivity contribution in [2.75, 3.05) is 13.7 Å². The third-order valence-corrected chi connectivity index (χ3v) is 3.17. The second kappa shape index (κ2) is 4.85. The Morgan fingerprint density at radius 3 is 2.85 bits per heavy atom. The lowest BCUT2D eigenvalue weighted by atomic mass is 10.1. The summed E-state index contributed by atoms with van der Waals surface area (Å²) in [5.41, 5.74) is 2.14. The molecule has 0 atom stereocenters. The lowest BCUT2D eigenvalue weighted by Crippen LogP contribution is -2.06. The van der Waals surface area contributed by atoms with Crippen molar-refractivity contribution in [2.24, 2.45) is 0 Å². The predicted molar refractivity (Wildman–Crippen MR) is 76.1 cm³/mol. The van der Waals surface area contributed by atoms with Gasteiger partial charge in [0, 0.05) is 16.8 Å². The fraction of sp³-hybridized carbons (Fsp3) is 0.200. The van der Waals surface area contributed by atoms with Crippen molar-refractivity contribution in [3.63, 3.8) is 0 Å². The first kappa shape index (κ1) is 12.5. The number of methoxy groups -OCH3 is 1. The first-order valence-electron chi connectivity index (χ1n) is 6.35. The van der Waals surface area contributed by atoms with Crippen LogP contribution in [0, 0.1) is 0 Å². The SMILES string of the molecule is CCOC(=O)c1cc2c(cn1)[nH]c1cc(OC)ccc12. The van der Waals surface area contributed by atoms with Gasteiger partial charge in [-0.05, 0) is 25.1 Å². The minimum absolute atomic E-state index is 0.316. The molecule has 3 aromatic rings. The third kappa shape index (κ3) is 1.97. The summed E-state index contributed by atoms with van der Waals surface area (Å²) in [4.78, 5) is 19.1. The van der Waals surface area contributed by atoms with E-state index in [9.17, 15) is 4.79 Å². The molecule has 0 radical (unpaired) electrons. The Bertz CT molecular complexity index is 792. The van der Waals surface area contributed by atoms with Crippen LogP contribution in [0.4, 0.5) is 0 Å². The molecule has 0 bridgehead atoms. The second-order valence-corrected chi connectivity index (χ2v) is 4.37. The van der Waals surface area contributed by atoms with Crippen molar-refractivity contribution in [3.8, 4) is 5.75 Å². The van der Waals surface area contributed by atoms with E-state index in [1.807, 2.05) is 18.2 Å². The van der Waals surface area contributed by atoms with Crippen molar-refractivity contribution in [2.45, 2.75) is 6.92 Å². The number of ether oxygens (including phenoxy) is 2. The molecule has 0 saturated carbocycles. The molecule has 1 aromatic carbocycles. The minimum atomic E-state index is -0.405. The van der Waals surface area contributed by atoms with Crippen molar-refractivity contribution < 1.29 is 14.3 Å². The fourth-order valence-electron chi connectivity index (χ4n) is 2.23. The first-order valence-corrected chi connectivity index (χ1v) is 6.35. The monoisotopic (exact) mass is 270 g/mol. The number of H-pyrrole nitrogens is 1. The normalized spacial score (nSPS) is 10.9. The molecule has 0 saturated heterocycles. The van der Waals surface area contributed by atoms with Gasteiger partial charge in [-0.3, -0.25) is 0 Å². The molecule has 2 heterocycles. The van der Waals surface area contributed by atoms with Gasteiger partial charge in [0.15, 0.2) is 0 Å². The van der Waals surface area contributed by atoms with Gasteiger partial charge in [0.2, 0.25) is 0 Å². The van der Waals surface area contributed by atoms with E-state index < -0.39 is 5.97 Å². The molecular weight excluding hydrogens is 256 g/mol. The van der Waals surface area contributed by atoms with Crippen LogP contribution in [0.15, 0.2) is 30.5 Å². The smallest absolute Gasteiger partial charge is 0.356 e. The molecule has 0 amide bonds. The summed E-state index contributed by atoms with van der Waals surface area (Å²) in [7, 11) is 1.63. The number of nitrogens with zero attached hydrogens (tertiary/aromatic N) is 1. The van der Waals surface area contributed by atoms with E-state index in [1.165, 1.54) is 0 Å². The van der Waals surface area contributed by atoms with Gasteiger partial charge in [-0.15, -0.1) is 0 Å². The van der Waals surface area contributed by atoms with Gasteiger partial charge in [-0.2, -0.15) is 0 Å². The highest BCUT2D eigenvalue weighted by Crippen LogP contribution is 2.28. The van der Waals surface area contributed by atoms with Gasteiger partial charge >= 0.3 is 5.97 Å². The van der Waals surface area contributed by atoms with Crippen molar-refractivity contribution >= 4 is 27.8 Å². The number of pyridine rings is 1. The number of nitrogens with one attached hydrogen (secondary N) is 1. The first-order chi connectivity index (χ1) is 9.72. The Balaban J connectivity index is 2.17. The van der Waals surface area contributed by atoms with E-state index in [4.69, 9.17) is 9.47 Å². The molecule has 0 unspecified atom stereocenters. The highest BCUT2D eigenvalue weighted by molar-refractivity contribution is 6.08. The van der Waals surface area contributed by atoms with E-state index in [0.29, 0.717) is 12.3 Å². The number of hydrogen-bond acceptors (Lipinski definition) is 4. The number of carbonyl (C=O) groups is 1. The van der Waals surface area contributed by atoms with Crippen LogP contribution in [0.1, 0.15) is 17.4 Å². The molecule has 5 heteroatoms. The van der Waals surface area contributed by atoms with E-state index in [0.717, 1.165) is 27.6 Å². The third-order valence-electron chi connectivity index (χ3n) is 3.17. The fourth-order valence-corrected chi connectivity index (χ4v) is 2.23. The highest BCUT2D eigenvalue weighted by Gasteiger charge is 2.12. The largest absolute Gasteiger partial charge is 0.497 e. The van der Waals surface area contributed by atoms with Crippen LogP contribution in [0.2, 0.25) is 0 Å². The van der Waals surface area contributed by atoms with Gasteiger partial charge in [-0.25, -0.2) is 9.78 Å². The summed E-state index contributed by atoms with van der Waals surface area (Å²) in [6.07, 6.45) is 1.65. The van der Waals surface area contributed by atoms with Crippen LogP contribution in [0.3, 0.4) is 0 Å². The molecule has 1 N–H and O–H groups in total. The molecule has 0 spiro atoms. The Kier molecular flexibility index (Phi) is 3.02. The highest BCUT2D eigenvalue weighted by atomic mass is 16.5. The van der Waals surface area contributed by atoms with Gasteiger partial charge in [0.25, 0.3) is 0 Å². The second-order valence-electron chi connectivity index (χ2n) is 4.37. The zero-order valence-corrected chi connectivity index (χ0v) is 11.3. The van der Waals surface area contributed by atoms with Crippen LogP contribution in [0.25, 0.3) is 21.8 Å². The van der Waals surface area contributed by atoms with Crippen molar-refractivity contribution in [1.82, 2.24) is 9.97 Å². The average molecular weight is 270 g/mol. The number of esters is 1. The van der Waals surface area contributed by atoms with Gasteiger partial charge in [0.1, 0.15) is 11.4 Å². The number of hydrogen-bond donors (Lipinski definition) is 1. The predicted octanol–water partition coefficient (Wildman–Crippen LogP) is 2.90. The minimum Gasteiger partial charge on any atom is -0.497 e. The number of aromatic amines is 1.